The molecular formula is C11H16N2O. The fraction of sp³-hybridized carbons (Fsp3) is 0.455. The molecule has 0 aliphatic carbocycles. The second kappa shape index (κ2) is 3.98. The van der Waals surface area contributed by atoms with Gasteiger partial charge in [-0.2, -0.15) is 0 Å². The molecule has 0 radical (unpaired) electrons. The topological polar surface area (TPSA) is 49.5 Å². The Bertz CT molecular complexity index is 308. The SMILES string of the molecule is NCCc1cccc(N2CC(O)C2)c1. The van der Waals surface area contributed by atoms with E-state index in [1.165, 1.54) is 11.3 Å². The first-order valence-corrected chi connectivity index (χ1v) is 5.01. The first kappa shape index (κ1) is 9.49. The van der Waals surface area contributed by atoms with Crippen LogP contribution in [0.5, 0.6) is 0 Å². The van der Waals surface area contributed by atoms with Gasteiger partial charge in [-0.05, 0) is 30.7 Å². The van der Waals surface area contributed by atoms with Crippen molar-refractivity contribution in [3.05, 3.63) is 29.8 Å². The van der Waals surface area contributed by atoms with Gasteiger partial charge < -0.3 is 15.7 Å². The lowest BCUT2D eigenvalue weighted by Crippen LogP contribution is -2.50. The predicted octanol–water partition coefficient (Wildman–Crippen LogP) is 0.369. The molecule has 0 bridgehead atoms. The van der Waals surface area contributed by atoms with Gasteiger partial charge in [-0.1, -0.05) is 12.1 Å². The van der Waals surface area contributed by atoms with Gasteiger partial charge in [-0.15, -0.1) is 0 Å². The van der Waals surface area contributed by atoms with Crippen LogP contribution < -0.4 is 10.6 Å². The van der Waals surface area contributed by atoms with Gasteiger partial charge >= 0.3 is 0 Å². The number of aliphatic hydroxyl groups excluding tert-OH is 1. The third-order valence-corrected chi connectivity index (χ3v) is 2.57. The molecule has 0 amide bonds. The van der Waals surface area contributed by atoms with Gasteiger partial charge in [0.15, 0.2) is 0 Å². The van der Waals surface area contributed by atoms with E-state index in [9.17, 15) is 5.11 Å². The van der Waals surface area contributed by atoms with Crippen molar-refractivity contribution in [2.24, 2.45) is 5.73 Å². The molecule has 76 valence electrons. The van der Waals surface area contributed by atoms with Crippen molar-refractivity contribution in [3.8, 4) is 0 Å². The van der Waals surface area contributed by atoms with Gasteiger partial charge in [0, 0.05) is 18.8 Å². The van der Waals surface area contributed by atoms with E-state index in [0.29, 0.717) is 6.54 Å². The van der Waals surface area contributed by atoms with Crippen molar-refractivity contribution in [1.82, 2.24) is 0 Å². The van der Waals surface area contributed by atoms with Crippen LogP contribution in [0.3, 0.4) is 0 Å². The van der Waals surface area contributed by atoms with E-state index < -0.39 is 0 Å². The highest BCUT2D eigenvalue weighted by molar-refractivity contribution is 5.51. The molecule has 1 aliphatic heterocycles. The molecule has 1 saturated heterocycles. The molecule has 0 atom stereocenters. The number of benzene rings is 1. The Morgan fingerprint density at radius 1 is 1.43 bits per heavy atom. The molecule has 3 N–H and O–H groups in total. The third-order valence-electron chi connectivity index (χ3n) is 2.57. The molecule has 0 unspecified atom stereocenters. The van der Waals surface area contributed by atoms with Gasteiger partial charge in [0.1, 0.15) is 0 Å². The molecule has 1 aromatic rings. The zero-order valence-corrected chi connectivity index (χ0v) is 8.19. The minimum absolute atomic E-state index is 0.145. The Morgan fingerprint density at radius 2 is 2.21 bits per heavy atom. The normalized spacial score (nSPS) is 16.9. The maximum absolute atomic E-state index is 9.19. The van der Waals surface area contributed by atoms with Gasteiger partial charge in [-0.25, -0.2) is 0 Å². The highest BCUT2D eigenvalue weighted by Gasteiger charge is 2.24. The number of anilines is 1. The standard InChI is InChI=1S/C11H16N2O/c12-5-4-9-2-1-3-10(6-9)13-7-11(14)8-13/h1-3,6,11,14H,4-5,7-8,12H2. The van der Waals surface area contributed by atoms with Crippen LogP contribution in [0.1, 0.15) is 5.56 Å². The van der Waals surface area contributed by atoms with E-state index in [-0.39, 0.29) is 6.10 Å². The molecule has 3 nitrogen and oxygen atoms in total. The van der Waals surface area contributed by atoms with Crippen molar-refractivity contribution >= 4 is 5.69 Å². The Morgan fingerprint density at radius 3 is 2.86 bits per heavy atom. The van der Waals surface area contributed by atoms with Crippen LogP contribution >= 0.6 is 0 Å². The lowest BCUT2D eigenvalue weighted by atomic mass is 10.1. The zero-order chi connectivity index (χ0) is 9.97. The van der Waals surface area contributed by atoms with Gasteiger partial charge in [0.2, 0.25) is 0 Å². The van der Waals surface area contributed by atoms with Crippen LogP contribution in [-0.2, 0) is 6.42 Å². The fourth-order valence-corrected chi connectivity index (χ4v) is 1.74. The molecule has 1 aromatic carbocycles. The van der Waals surface area contributed by atoms with Crippen LogP contribution in [0.25, 0.3) is 0 Å². The monoisotopic (exact) mass is 192 g/mol. The van der Waals surface area contributed by atoms with E-state index in [1.807, 2.05) is 6.07 Å². The van der Waals surface area contributed by atoms with E-state index in [4.69, 9.17) is 5.73 Å². The van der Waals surface area contributed by atoms with Crippen LogP contribution in [0, 0.1) is 0 Å². The maximum atomic E-state index is 9.19. The number of nitrogens with zero attached hydrogens (tertiary/aromatic N) is 1. The predicted molar refractivity (Wildman–Crippen MR) is 57.4 cm³/mol. The quantitative estimate of drug-likeness (QED) is 0.727. The first-order chi connectivity index (χ1) is 6.79. The molecule has 0 spiro atoms. The average Bonchev–Trinajstić information content (AvgIpc) is 2.14. The Hall–Kier alpha value is -1.06. The van der Waals surface area contributed by atoms with Gasteiger partial charge in [-0.3, -0.25) is 0 Å². The van der Waals surface area contributed by atoms with Crippen molar-refractivity contribution in [3.63, 3.8) is 0 Å². The highest BCUT2D eigenvalue weighted by atomic mass is 16.3. The Labute approximate surface area is 84.1 Å². The molecule has 1 aliphatic rings. The number of hydrogen-bond donors (Lipinski definition) is 2. The lowest BCUT2D eigenvalue weighted by molar-refractivity contribution is 0.142. The van der Waals surface area contributed by atoms with Crippen molar-refractivity contribution < 1.29 is 5.11 Å². The van der Waals surface area contributed by atoms with Crippen LogP contribution in [0.4, 0.5) is 5.69 Å². The summed E-state index contributed by atoms with van der Waals surface area (Å²) >= 11 is 0. The number of hydrogen-bond acceptors (Lipinski definition) is 3. The molecule has 3 heteroatoms. The summed E-state index contributed by atoms with van der Waals surface area (Å²) in [6.45, 7) is 2.20. The highest BCUT2D eigenvalue weighted by Crippen LogP contribution is 2.21. The number of rotatable bonds is 3. The second-order valence-corrected chi connectivity index (χ2v) is 3.77. The van der Waals surface area contributed by atoms with Gasteiger partial charge in [0.25, 0.3) is 0 Å². The Kier molecular flexibility index (Phi) is 2.70. The molecule has 0 saturated carbocycles. The molecule has 1 heterocycles. The van der Waals surface area contributed by atoms with E-state index in [1.54, 1.807) is 0 Å². The van der Waals surface area contributed by atoms with E-state index >= 15 is 0 Å². The largest absolute Gasteiger partial charge is 0.389 e. The maximum Gasteiger partial charge on any atom is 0.0889 e. The zero-order valence-electron chi connectivity index (χ0n) is 8.19. The van der Waals surface area contributed by atoms with Crippen molar-refractivity contribution in [2.45, 2.75) is 12.5 Å². The van der Waals surface area contributed by atoms with Crippen molar-refractivity contribution in [2.75, 3.05) is 24.5 Å². The van der Waals surface area contributed by atoms with Crippen LogP contribution in [0.2, 0.25) is 0 Å². The molecule has 1 fully saturated rings. The van der Waals surface area contributed by atoms with Crippen LogP contribution in [-0.4, -0.2) is 30.8 Å². The lowest BCUT2D eigenvalue weighted by Gasteiger charge is -2.38. The van der Waals surface area contributed by atoms with E-state index in [0.717, 1.165) is 19.5 Å². The molecule has 0 aromatic heterocycles. The van der Waals surface area contributed by atoms with Crippen molar-refractivity contribution in [1.29, 1.82) is 0 Å². The summed E-state index contributed by atoms with van der Waals surface area (Å²) in [5.74, 6) is 0. The minimum atomic E-state index is -0.145. The third kappa shape index (κ3) is 1.89. The first-order valence-electron chi connectivity index (χ1n) is 5.01. The second-order valence-electron chi connectivity index (χ2n) is 3.77. The molecule has 14 heavy (non-hydrogen) atoms. The van der Waals surface area contributed by atoms with Crippen LogP contribution in [0.15, 0.2) is 24.3 Å². The molecule has 2 rings (SSSR count). The van der Waals surface area contributed by atoms with E-state index in [2.05, 4.69) is 23.1 Å². The summed E-state index contributed by atoms with van der Waals surface area (Å²) in [7, 11) is 0. The number of nitrogens with two attached hydrogens (primary N) is 1. The Balaban J connectivity index is 2.06. The summed E-state index contributed by atoms with van der Waals surface area (Å²) in [6.07, 6.45) is 0.776. The summed E-state index contributed by atoms with van der Waals surface area (Å²) in [5, 5.41) is 9.19. The summed E-state index contributed by atoms with van der Waals surface area (Å²) in [4.78, 5) is 2.17. The summed E-state index contributed by atoms with van der Waals surface area (Å²) in [5.41, 5.74) is 7.97. The average molecular weight is 192 g/mol. The van der Waals surface area contributed by atoms with Gasteiger partial charge in [0.05, 0.1) is 6.10 Å². The number of β-amino-alcohol motifs (C(OH)–C–C–N with tert-alkyl or cyclic N) is 1. The fourth-order valence-electron chi connectivity index (χ4n) is 1.74. The number of aliphatic hydroxyl groups is 1. The molecular weight excluding hydrogens is 176 g/mol. The summed E-state index contributed by atoms with van der Waals surface area (Å²) in [6, 6.07) is 8.36. The smallest absolute Gasteiger partial charge is 0.0889 e. The summed E-state index contributed by atoms with van der Waals surface area (Å²) < 4.78 is 0. The minimum Gasteiger partial charge on any atom is -0.389 e.